The zero-order valence-corrected chi connectivity index (χ0v) is 17.9. The van der Waals surface area contributed by atoms with E-state index in [4.69, 9.17) is 14.2 Å². The molecule has 0 radical (unpaired) electrons. The first-order chi connectivity index (χ1) is 15.2. The number of carbonyl (C=O) groups is 1. The van der Waals surface area contributed by atoms with E-state index in [1.807, 2.05) is 80.6 Å². The maximum Gasteiger partial charge on any atom is 0.225 e. The predicted molar refractivity (Wildman–Crippen MR) is 121 cm³/mol. The first-order valence-corrected chi connectivity index (χ1v) is 10.7. The van der Waals surface area contributed by atoms with Crippen molar-refractivity contribution in [3.8, 4) is 17.2 Å². The van der Waals surface area contributed by atoms with Gasteiger partial charge in [0.1, 0.15) is 12.4 Å². The molecule has 1 aliphatic heterocycles. The fourth-order valence-corrected chi connectivity index (χ4v) is 3.92. The van der Waals surface area contributed by atoms with Crippen LogP contribution in [0.4, 0.5) is 5.69 Å². The van der Waals surface area contributed by atoms with E-state index in [-0.39, 0.29) is 11.8 Å². The van der Waals surface area contributed by atoms with E-state index >= 15 is 0 Å². The fourth-order valence-electron chi connectivity index (χ4n) is 3.92. The SMILES string of the molecule is CCOc1cc2c(cc1OCC)C(c1ccccc1OCc1ccccc1)CC(=O)N2. The summed E-state index contributed by atoms with van der Waals surface area (Å²) in [5.74, 6) is 1.95. The van der Waals surface area contributed by atoms with Gasteiger partial charge in [0, 0.05) is 29.7 Å². The highest BCUT2D eigenvalue weighted by Gasteiger charge is 2.30. The number of rotatable bonds is 8. The predicted octanol–water partition coefficient (Wildman–Crippen LogP) is 5.54. The number of para-hydroxylation sites is 1. The van der Waals surface area contributed by atoms with E-state index in [1.54, 1.807) is 0 Å². The lowest BCUT2D eigenvalue weighted by Crippen LogP contribution is -2.24. The minimum Gasteiger partial charge on any atom is -0.490 e. The summed E-state index contributed by atoms with van der Waals surface area (Å²) in [6.07, 6.45) is 0.345. The molecule has 0 saturated heterocycles. The van der Waals surface area contributed by atoms with Gasteiger partial charge in [0.05, 0.1) is 13.2 Å². The molecular weight excluding hydrogens is 390 g/mol. The molecule has 5 nitrogen and oxygen atoms in total. The van der Waals surface area contributed by atoms with E-state index in [9.17, 15) is 4.79 Å². The van der Waals surface area contributed by atoms with Gasteiger partial charge in [-0.1, -0.05) is 48.5 Å². The average molecular weight is 418 g/mol. The molecule has 1 aliphatic rings. The largest absolute Gasteiger partial charge is 0.490 e. The van der Waals surface area contributed by atoms with Gasteiger partial charge in [-0.2, -0.15) is 0 Å². The molecule has 3 aromatic rings. The normalized spacial score (nSPS) is 15.0. The second kappa shape index (κ2) is 9.56. The van der Waals surface area contributed by atoms with Crippen LogP contribution in [0.15, 0.2) is 66.7 Å². The molecule has 4 rings (SSSR count). The molecule has 0 aromatic heterocycles. The summed E-state index contributed by atoms with van der Waals surface area (Å²) in [5.41, 5.74) is 3.84. The van der Waals surface area contributed by atoms with Crippen molar-refractivity contribution < 1.29 is 19.0 Å². The zero-order valence-electron chi connectivity index (χ0n) is 17.9. The van der Waals surface area contributed by atoms with Crippen LogP contribution in [0, 0.1) is 0 Å². The Balaban J connectivity index is 1.71. The van der Waals surface area contributed by atoms with E-state index in [0.717, 1.165) is 28.1 Å². The van der Waals surface area contributed by atoms with Crippen molar-refractivity contribution in [2.45, 2.75) is 32.8 Å². The lowest BCUT2D eigenvalue weighted by Gasteiger charge is -2.28. The number of carbonyl (C=O) groups excluding carboxylic acids is 1. The molecule has 0 spiro atoms. The van der Waals surface area contributed by atoms with Crippen LogP contribution in [0.1, 0.15) is 42.9 Å². The van der Waals surface area contributed by atoms with Crippen LogP contribution in [0.25, 0.3) is 0 Å². The zero-order chi connectivity index (χ0) is 21.6. The number of benzene rings is 3. The summed E-state index contributed by atoms with van der Waals surface area (Å²) in [5, 5.41) is 2.99. The molecule has 160 valence electrons. The fraction of sp³-hybridized carbons (Fsp3) is 0.269. The molecule has 0 saturated carbocycles. The Morgan fingerprint density at radius 3 is 2.23 bits per heavy atom. The Morgan fingerprint density at radius 2 is 1.48 bits per heavy atom. The molecule has 1 heterocycles. The van der Waals surface area contributed by atoms with Crippen LogP contribution in [-0.2, 0) is 11.4 Å². The molecule has 0 bridgehead atoms. The molecule has 1 unspecified atom stereocenters. The summed E-state index contributed by atoms with van der Waals surface area (Å²) < 4.78 is 17.8. The summed E-state index contributed by atoms with van der Waals surface area (Å²) >= 11 is 0. The first-order valence-electron chi connectivity index (χ1n) is 10.7. The van der Waals surface area contributed by atoms with Crippen molar-refractivity contribution in [2.24, 2.45) is 0 Å². The summed E-state index contributed by atoms with van der Waals surface area (Å²) in [7, 11) is 0. The van der Waals surface area contributed by atoms with Crippen molar-refractivity contribution in [1.82, 2.24) is 0 Å². The van der Waals surface area contributed by atoms with Gasteiger partial charge in [-0.3, -0.25) is 4.79 Å². The topological polar surface area (TPSA) is 56.8 Å². The Kier molecular flexibility index (Phi) is 6.41. The summed E-state index contributed by atoms with van der Waals surface area (Å²) in [4.78, 5) is 12.6. The Morgan fingerprint density at radius 1 is 0.806 bits per heavy atom. The molecule has 1 N–H and O–H groups in total. The highest BCUT2D eigenvalue weighted by Crippen LogP contribution is 2.45. The number of ether oxygens (including phenoxy) is 3. The molecular formula is C26H27NO4. The highest BCUT2D eigenvalue weighted by molar-refractivity contribution is 5.96. The number of hydrogen-bond acceptors (Lipinski definition) is 4. The van der Waals surface area contributed by atoms with Crippen molar-refractivity contribution in [2.75, 3.05) is 18.5 Å². The summed E-state index contributed by atoms with van der Waals surface area (Å²) in [6.45, 7) is 5.40. The minimum absolute atomic E-state index is 0.0260. The quantitative estimate of drug-likeness (QED) is 0.523. The molecule has 0 fully saturated rings. The number of fused-ring (bicyclic) bond motifs is 1. The van der Waals surface area contributed by atoms with Gasteiger partial charge in [-0.05, 0) is 37.1 Å². The number of hydrogen-bond donors (Lipinski definition) is 1. The van der Waals surface area contributed by atoms with E-state index < -0.39 is 0 Å². The number of nitrogens with one attached hydrogen (secondary N) is 1. The maximum atomic E-state index is 12.6. The van der Waals surface area contributed by atoms with E-state index in [2.05, 4.69) is 5.32 Å². The van der Waals surface area contributed by atoms with Crippen molar-refractivity contribution >= 4 is 11.6 Å². The third-order valence-corrected chi connectivity index (χ3v) is 5.29. The molecule has 3 aromatic carbocycles. The second-order valence-electron chi connectivity index (χ2n) is 7.37. The monoisotopic (exact) mass is 417 g/mol. The molecule has 1 amide bonds. The molecule has 31 heavy (non-hydrogen) atoms. The Labute approximate surface area is 183 Å². The molecule has 1 atom stereocenters. The highest BCUT2D eigenvalue weighted by atomic mass is 16.5. The van der Waals surface area contributed by atoms with Crippen molar-refractivity contribution in [3.05, 3.63) is 83.4 Å². The third kappa shape index (κ3) is 4.66. The Bertz CT molecular complexity index is 1050. The number of amides is 1. The van der Waals surface area contributed by atoms with Crippen LogP contribution >= 0.6 is 0 Å². The van der Waals surface area contributed by atoms with E-state index in [1.165, 1.54) is 0 Å². The van der Waals surface area contributed by atoms with Crippen LogP contribution in [0.5, 0.6) is 17.2 Å². The standard InChI is InChI=1S/C26H27NO4/c1-3-29-24-14-21-20(15-26(28)27-22(21)16-25(24)30-4-2)19-12-8-9-13-23(19)31-17-18-10-6-5-7-11-18/h5-14,16,20H,3-4,15,17H2,1-2H3,(H,27,28). The minimum atomic E-state index is -0.134. The van der Waals surface area contributed by atoms with Gasteiger partial charge in [-0.25, -0.2) is 0 Å². The van der Waals surface area contributed by atoms with Gasteiger partial charge >= 0.3 is 0 Å². The number of anilines is 1. The van der Waals surface area contributed by atoms with Gasteiger partial charge in [0.25, 0.3) is 0 Å². The smallest absolute Gasteiger partial charge is 0.225 e. The van der Waals surface area contributed by atoms with E-state index in [0.29, 0.717) is 37.7 Å². The van der Waals surface area contributed by atoms with Crippen LogP contribution in [0.3, 0.4) is 0 Å². The van der Waals surface area contributed by atoms with Gasteiger partial charge in [0.2, 0.25) is 5.91 Å². The van der Waals surface area contributed by atoms with Crippen LogP contribution < -0.4 is 19.5 Å². The second-order valence-corrected chi connectivity index (χ2v) is 7.37. The summed E-state index contributed by atoms with van der Waals surface area (Å²) in [6, 6.07) is 21.8. The van der Waals surface area contributed by atoms with Gasteiger partial charge in [-0.15, -0.1) is 0 Å². The van der Waals surface area contributed by atoms with Crippen molar-refractivity contribution in [3.63, 3.8) is 0 Å². The molecule has 5 heteroatoms. The lowest BCUT2D eigenvalue weighted by molar-refractivity contribution is -0.116. The molecule has 0 aliphatic carbocycles. The lowest BCUT2D eigenvalue weighted by atomic mass is 9.84. The van der Waals surface area contributed by atoms with Gasteiger partial charge < -0.3 is 19.5 Å². The first kappa shape index (κ1) is 20.8. The van der Waals surface area contributed by atoms with Crippen LogP contribution in [-0.4, -0.2) is 19.1 Å². The maximum absolute atomic E-state index is 12.6. The average Bonchev–Trinajstić information content (AvgIpc) is 2.79. The van der Waals surface area contributed by atoms with Crippen LogP contribution in [0.2, 0.25) is 0 Å². The third-order valence-electron chi connectivity index (χ3n) is 5.29. The van der Waals surface area contributed by atoms with Crippen molar-refractivity contribution in [1.29, 1.82) is 0 Å². The Hall–Kier alpha value is -3.47. The van der Waals surface area contributed by atoms with Gasteiger partial charge in [0.15, 0.2) is 11.5 Å².